The predicted molar refractivity (Wildman–Crippen MR) is 85.5 cm³/mol. The largest absolute Gasteiger partial charge is 0.0622 e. The van der Waals surface area contributed by atoms with Crippen LogP contribution in [0.25, 0.3) is 0 Å². The standard InChI is InChI=1S/C20H34/c1-14-13-15-7-4-5-11-20(15,3)17-9-12-19(2)10-6-8-16(19)18(14)17/h14-18H,4-13H2,1-3H3/t14-,15?,16-,17-,18-,19-,20-/m0/s1. The first-order chi connectivity index (χ1) is 9.55. The third kappa shape index (κ3) is 1.72. The molecular formula is C20H34. The first-order valence-corrected chi connectivity index (χ1v) is 9.55. The maximum Gasteiger partial charge on any atom is -0.0266 e. The highest BCUT2D eigenvalue weighted by Crippen LogP contribution is 2.67. The summed E-state index contributed by atoms with van der Waals surface area (Å²) in [7, 11) is 0. The molecule has 0 bridgehead atoms. The van der Waals surface area contributed by atoms with Gasteiger partial charge in [-0.05, 0) is 85.4 Å². The van der Waals surface area contributed by atoms with E-state index in [0.29, 0.717) is 0 Å². The maximum atomic E-state index is 2.71. The molecule has 0 aliphatic heterocycles. The molecule has 0 amide bonds. The first-order valence-electron chi connectivity index (χ1n) is 9.55. The van der Waals surface area contributed by atoms with Gasteiger partial charge in [0.1, 0.15) is 0 Å². The molecule has 0 spiro atoms. The van der Waals surface area contributed by atoms with Crippen molar-refractivity contribution in [1.29, 1.82) is 0 Å². The van der Waals surface area contributed by atoms with Crippen molar-refractivity contribution in [3.05, 3.63) is 0 Å². The lowest BCUT2D eigenvalue weighted by Crippen LogP contribution is -2.54. The van der Waals surface area contributed by atoms with E-state index in [-0.39, 0.29) is 0 Å². The fourth-order valence-corrected chi connectivity index (χ4v) is 7.66. The Balaban J connectivity index is 1.69. The molecule has 4 rings (SSSR count). The predicted octanol–water partition coefficient (Wildman–Crippen LogP) is 6.06. The minimum Gasteiger partial charge on any atom is -0.0622 e. The quantitative estimate of drug-likeness (QED) is 0.504. The molecule has 7 atom stereocenters. The molecule has 4 fully saturated rings. The fraction of sp³-hybridized carbons (Fsp3) is 1.00. The molecule has 0 heterocycles. The Hall–Kier alpha value is 0. The second-order valence-corrected chi connectivity index (χ2v) is 9.54. The summed E-state index contributed by atoms with van der Waals surface area (Å²) in [5, 5.41) is 0. The minimum atomic E-state index is 0.722. The minimum absolute atomic E-state index is 0.722. The Bertz CT molecular complexity index is 385. The fourth-order valence-electron chi connectivity index (χ4n) is 7.66. The summed E-state index contributed by atoms with van der Waals surface area (Å²) in [6.07, 6.45) is 15.4. The van der Waals surface area contributed by atoms with Gasteiger partial charge >= 0.3 is 0 Å². The van der Waals surface area contributed by atoms with Crippen molar-refractivity contribution in [2.45, 2.75) is 85.0 Å². The normalized spacial score (nSPS) is 58.6. The Morgan fingerprint density at radius 2 is 1.65 bits per heavy atom. The van der Waals surface area contributed by atoms with Gasteiger partial charge in [-0.15, -0.1) is 0 Å². The number of hydrogen-bond donors (Lipinski definition) is 0. The van der Waals surface area contributed by atoms with E-state index in [2.05, 4.69) is 20.8 Å². The Kier molecular flexibility index (Phi) is 3.07. The third-order valence-corrected chi connectivity index (χ3v) is 8.72. The van der Waals surface area contributed by atoms with E-state index < -0.39 is 0 Å². The zero-order valence-corrected chi connectivity index (χ0v) is 14.0. The summed E-state index contributed by atoms with van der Waals surface area (Å²) in [5.74, 6) is 5.32. The molecule has 0 nitrogen and oxygen atoms in total. The molecule has 20 heavy (non-hydrogen) atoms. The topological polar surface area (TPSA) is 0 Å². The SMILES string of the molecule is C[C@H]1CC2CCCC[C@]2(C)[C@H]2CC[C@]3(C)CCC[C@H]3[C@H]12. The Morgan fingerprint density at radius 3 is 2.50 bits per heavy atom. The Morgan fingerprint density at radius 1 is 0.800 bits per heavy atom. The van der Waals surface area contributed by atoms with E-state index in [1.165, 1.54) is 25.7 Å². The van der Waals surface area contributed by atoms with Gasteiger partial charge in [-0.25, -0.2) is 0 Å². The van der Waals surface area contributed by atoms with Crippen molar-refractivity contribution in [1.82, 2.24) is 0 Å². The molecule has 0 saturated heterocycles. The van der Waals surface area contributed by atoms with E-state index in [0.717, 1.165) is 40.4 Å². The second-order valence-electron chi connectivity index (χ2n) is 9.54. The number of rotatable bonds is 0. The molecule has 0 heteroatoms. The smallest absolute Gasteiger partial charge is 0.0266 e. The van der Waals surface area contributed by atoms with Crippen LogP contribution in [0.2, 0.25) is 0 Å². The molecule has 114 valence electrons. The molecular weight excluding hydrogens is 240 g/mol. The van der Waals surface area contributed by atoms with Crippen molar-refractivity contribution in [2.24, 2.45) is 40.4 Å². The van der Waals surface area contributed by atoms with Gasteiger partial charge in [0.2, 0.25) is 0 Å². The summed E-state index contributed by atoms with van der Waals surface area (Å²) < 4.78 is 0. The van der Waals surface area contributed by atoms with E-state index in [9.17, 15) is 0 Å². The number of hydrogen-bond acceptors (Lipinski definition) is 0. The summed E-state index contributed by atoms with van der Waals surface area (Å²) in [6, 6.07) is 0. The van der Waals surface area contributed by atoms with Crippen molar-refractivity contribution in [3.8, 4) is 0 Å². The monoisotopic (exact) mass is 274 g/mol. The van der Waals surface area contributed by atoms with Crippen LogP contribution in [-0.2, 0) is 0 Å². The molecule has 0 aromatic carbocycles. The van der Waals surface area contributed by atoms with Crippen LogP contribution in [0.5, 0.6) is 0 Å². The summed E-state index contributed by atoms with van der Waals surface area (Å²) in [6.45, 7) is 7.97. The van der Waals surface area contributed by atoms with E-state index in [4.69, 9.17) is 0 Å². The van der Waals surface area contributed by atoms with Gasteiger partial charge in [0.25, 0.3) is 0 Å². The van der Waals surface area contributed by atoms with Crippen molar-refractivity contribution >= 4 is 0 Å². The highest BCUT2D eigenvalue weighted by Gasteiger charge is 2.58. The van der Waals surface area contributed by atoms with Gasteiger partial charge in [-0.1, -0.05) is 40.0 Å². The lowest BCUT2D eigenvalue weighted by atomic mass is 9.43. The summed E-state index contributed by atoms with van der Waals surface area (Å²) in [5.41, 5.74) is 1.45. The lowest BCUT2D eigenvalue weighted by molar-refractivity contribution is -0.128. The van der Waals surface area contributed by atoms with Crippen LogP contribution in [0.3, 0.4) is 0 Å². The molecule has 0 aromatic rings. The van der Waals surface area contributed by atoms with Gasteiger partial charge in [-0.2, -0.15) is 0 Å². The van der Waals surface area contributed by atoms with Crippen LogP contribution >= 0.6 is 0 Å². The molecule has 0 aromatic heterocycles. The second kappa shape index (κ2) is 4.50. The summed E-state index contributed by atoms with van der Waals surface area (Å²) >= 11 is 0. The first kappa shape index (κ1) is 13.6. The van der Waals surface area contributed by atoms with E-state index >= 15 is 0 Å². The van der Waals surface area contributed by atoms with Gasteiger partial charge in [-0.3, -0.25) is 0 Å². The zero-order valence-electron chi connectivity index (χ0n) is 14.0. The van der Waals surface area contributed by atoms with Crippen LogP contribution in [0.4, 0.5) is 0 Å². The highest BCUT2D eigenvalue weighted by atomic mass is 14.6. The van der Waals surface area contributed by atoms with Crippen LogP contribution in [0.1, 0.15) is 85.0 Å². The average Bonchev–Trinajstić information content (AvgIpc) is 2.81. The van der Waals surface area contributed by atoms with Crippen LogP contribution in [0.15, 0.2) is 0 Å². The molecule has 4 aliphatic rings. The van der Waals surface area contributed by atoms with Crippen molar-refractivity contribution in [3.63, 3.8) is 0 Å². The van der Waals surface area contributed by atoms with Gasteiger partial charge in [0, 0.05) is 0 Å². The van der Waals surface area contributed by atoms with Crippen LogP contribution in [0, 0.1) is 40.4 Å². The third-order valence-electron chi connectivity index (χ3n) is 8.72. The molecule has 4 aliphatic carbocycles. The zero-order chi connectivity index (χ0) is 14.0. The van der Waals surface area contributed by atoms with E-state index in [1.807, 2.05) is 0 Å². The highest BCUT2D eigenvalue weighted by molar-refractivity contribution is 5.08. The van der Waals surface area contributed by atoms with Crippen molar-refractivity contribution < 1.29 is 0 Å². The number of fused-ring (bicyclic) bond motifs is 5. The molecule has 4 saturated carbocycles. The molecule has 1 unspecified atom stereocenters. The molecule has 0 radical (unpaired) electrons. The van der Waals surface area contributed by atoms with Crippen LogP contribution < -0.4 is 0 Å². The Labute approximate surface area is 126 Å². The van der Waals surface area contributed by atoms with Gasteiger partial charge in [0.15, 0.2) is 0 Å². The van der Waals surface area contributed by atoms with Crippen LogP contribution in [-0.4, -0.2) is 0 Å². The van der Waals surface area contributed by atoms with Gasteiger partial charge < -0.3 is 0 Å². The molecule has 0 N–H and O–H groups in total. The van der Waals surface area contributed by atoms with E-state index in [1.54, 1.807) is 38.5 Å². The lowest BCUT2D eigenvalue weighted by Gasteiger charge is -2.62. The maximum absolute atomic E-state index is 2.71. The summed E-state index contributed by atoms with van der Waals surface area (Å²) in [4.78, 5) is 0. The average molecular weight is 274 g/mol. The van der Waals surface area contributed by atoms with Gasteiger partial charge in [0.05, 0.1) is 0 Å². The van der Waals surface area contributed by atoms with Crippen molar-refractivity contribution in [2.75, 3.05) is 0 Å².